The molecule has 7 nitrogen and oxygen atoms in total. The lowest BCUT2D eigenvalue weighted by atomic mass is 10.1. The zero-order valence-corrected chi connectivity index (χ0v) is 24.9. The molecule has 2 amide bonds. The molecule has 0 fully saturated rings. The second-order valence-electron chi connectivity index (χ2n) is 9.04. The summed E-state index contributed by atoms with van der Waals surface area (Å²) >= 11 is 18.6. The summed E-state index contributed by atoms with van der Waals surface area (Å²) in [5.74, 6) is -0.955. The van der Waals surface area contributed by atoms with Gasteiger partial charge in [0.1, 0.15) is 12.6 Å². The Morgan fingerprint density at radius 2 is 1.54 bits per heavy atom. The Morgan fingerprint density at radius 3 is 2.15 bits per heavy atom. The number of nitrogens with one attached hydrogen (secondary N) is 1. The van der Waals surface area contributed by atoms with Crippen molar-refractivity contribution in [2.75, 3.05) is 17.4 Å². The van der Waals surface area contributed by atoms with Gasteiger partial charge in [-0.2, -0.15) is 0 Å². The van der Waals surface area contributed by atoms with Crippen LogP contribution >= 0.6 is 34.8 Å². The van der Waals surface area contributed by atoms with Gasteiger partial charge in [-0.1, -0.05) is 71.6 Å². The van der Waals surface area contributed by atoms with Crippen molar-refractivity contribution >= 4 is 62.3 Å². The van der Waals surface area contributed by atoms with Gasteiger partial charge in [-0.3, -0.25) is 13.9 Å². The minimum atomic E-state index is -4.25. The number of amides is 2. The van der Waals surface area contributed by atoms with Crippen molar-refractivity contribution in [3.8, 4) is 0 Å². The number of carbonyl (C=O) groups excluding carboxylic acids is 2. The van der Waals surface area contributed by atoms with E-state index in [0.717, 1.165) is 21.9 Å². The maximum Gasteiger partial charge on any atom is 0.264 e. The van der Waals surface area contributed by atoms with Gasteiger partial charge in [-0.15, -0.1) is 0 Å². The van der Waals surface area contributed by atoms with Gasteiger partial charge in [0.05, 0.1) is 15.6 Å². The van der Waals surface area contributed by atoms with Crippen LogP contribution in [0.4, 0.5) is 5.69 Å². The summed E-state index contributed by atoms with van der Waals surface area (Å²) in [6.45, 7) is 5.24. The summed E-state index contributed by atoms with van der Waals surface area (Å²) in [5.41, 5.74) is 1.64. The van der Waals surface area contributed by atoms with Crippen LogP contribution in [0.25, 0.3) is 0 Å². The van der Waals surface area contributed by atoms with E-state index in [-0.39, 0.29) is 33.1 Å². The molecule has 1 unspecified atom stereocenters. The molecule has 3 aromatic carbocycles. The average Bonchev–Trinajstić information content (AvgIpc) is 2.91. The fourth-order valence-corrected chi connectivity index (χ4v) is 5.78. The lowest BCUT2D eigenvalue weighted by molar-refractivity contribution is -0.139. The van der Waals surface area contributed by atoms with Crippen molar-refractivity contribution in [2.24, 2.45) is 0 Å². The molecule has 0 saturated heterocycles. The van der Waals surface area contributed by atoms with Crippen LogP contribution in [0.3, 0.4) is 0 Å². The number of sulfonamides is 1. The molecule has 11 heteroatoms. The smallest absolute Gasteiger partial charge is 0.264 e. The van der Waals surface area contributed by atoms with E-state index in [1.807, 2.05) is 13.8 Å². The Morgan fingerprint density at radius 1 is 0.923 bits per heavy atom. The Hall–Kier alpha value is -2.78. The van der Waals surface area contributed by atoms with E-state index in [2.05, 4.69) is 5.32 Å². The molecular formula is C28H30Cl3N3O4S. The first kappa shape index (κ1) is 30.8. The first-order valence-electron chi connectivity index (χ1n) is 12.3. The van der Waals surface area contributed by atoms with E-state index in [1.165, 1.54) is 35.2 Å². The maximum absolute atomic E-state index is 13.9. The van der Waals surface area contributed by atoms with E-state index in [0.29, 0.717) is 11.6 Å². The zero-order chi connectivity index (χ0) is 28.7. The zero-order valence-electron chi connectivity index (χ0n) is 21.8. The molecule has 208 valence electrons. The normalized spacial score (nSPS) is 12.1. The number of carbonyl (C=O) groups is 2. The van der Waals surface area contributed by atoms with Crippen LogP contribution in [0.5, 0.6) is 0 Å². The largest absolute Gasteiger partial charge is 0.354 e. The molecule has 0 aliphatic rings. The standard InChI is InChI=1S/C28H30Cl3N3O4S/c1-4-15-32-28(36)20(3)33(17-21-7-9-22(29)10-8-21)27(35)18-34(26-16-23(30)11-14-25(26)31)39(37,38)24-12-5-19(2)6-13-24/h5-14,16,20H,4,15,17-18H2,1-3H3,(H,32,36). The molecule has 0 spiro atoms. The van der Waals surface area contributed by atoms with Crippen LogP contribution in [-0.2, 0) is 26.2 Å². The van der Waals surface area contributed by atoms with Gasteiger partial charge in [0.25, 0.3) is 10.0 Å². The van der Waals surface area contributed by atoms with Crippen LogP contribution in [0.1, 0.15) is 31.4 Å². The number of nitrogens with zero attached hydrogens (tertiary/aromatic N) is 2. The van der Waals surface area contributed by atoms with Crippen LogP contribution in [0, 0.1) is 6.92 Å². The highest BCUT2D eigenvalue weighted by Gasteiger charge is 2.33. The van der Waals surface area contributed by atoms with Crippen molar-refractivity contribution in [2.45, 2.75) is 44.7 Å². The molecule has 1 atom stereocenters. The van der Waals surface area contributed by atoms with E-state index >= 15 is 0 Å². The summed E-state index contributed by atoms with van der Waals surface area (Å²) in [7, 11) is -4.25. The molecule has 0 aliphatic carbocycles. The molecule has 0 bridgehead atoms. The highest BCUT2D eigenvalue weighted by atomic mass is 35.5. The summed E-state index contributed by atoms with van der Waals surface area (Å²) < 4.78 is 28.7. The predicted octanol–water partition coefficient (Wildman–Crippen LogP) is 6.09. The van der Waals surface area contributed by atoms with Crippen LogP contribution < -0.4 is 9.62 Å². The predicted molar refractivity (Wildman–Crippen MR) is 157 cm³/mol. The Kier molecular flexibility index (Phi) is 10.7. The first-order chi connectivity index (χ1) is 18.4. The molecule has 0 aliphatic heterocycles. The number of hydrogen-bond acceptors (Lipinski definition) is 4. The van der Waals surface area contributed by atoms with E-state index in [1.54, 1.807) is 43.3 Å². The van der Waals surface area contributed by atoms with Gasteiger partial charge < -0.3 is 10.2 Å². The molecule has 0 heterocycles. The quantitative estimate of drug-likeness (QED) is 0.285. The number of aryl methyl sites for hydroxylation is 1. The van der Waals surface area contributed by atoms with E-state index in [4.69, 9.17) is 34.8 Å². The average molecular weight is 611 g/mol. The molecule has 3 rings (SSSR count). The lowest BCUT2D eigenvalue weighted by Crippen LogP contribution is -2.51. The third-order valence-electron chi connectivity index (χ3n) is 6.05. The van der Waals surface area contributed by atoms with E-state index in [9.17, 15) is 18.0 Å². The summed E-state index contributed by atoms with van der Waals surface area (Å²) in [5, 5.41) is 3.67. The van der Waals surface area contributed by atoms with Crippen LogP contribution in [-0.4, -0.2) is 44.3 Å². The molecule has 1 N–H and O–H groups in total. The molecule has 3 aromatic rings. The molecule has 0 saturated carbocycles. The minimum Gasteiger partial charge on any atom is -0.354 e. The summed E-state index contributed by atoms with van der Waals surface area (Å²) in [6.07, 6.45) is 0.722. The molecule has 0 radical (unpaired) electrons. The van der Waals surface area contributed by atoms with Crippen molar-refractivity contribution in [3.63, 3.8) is 0 Å². The van der Waals surface area contributed by atoms with Gasteiger partial charge >= 0.3 is 0 Å². The van der Waals surface area contributed by atoms with Crippen molar-refractivity contribution in [1.29, 1.82) is 0 Å². The third-order valence-corrected chi connectivity index (χ3v) is 8.63. The fraction of sp³-hybridized carbons (Fsp3) is 0.286. The van der Waals surface area contributed by atoms with Gasteiger partial charge in [0.2, 0.25) is 11.8 Å². The highest BCUT2D eigenvalue weighted by molar-refractivity contribution is 7.92. The fourth-order valence-electron chi connectivity index (χ4n) is 3.79. The second-order valence-corrected chi connectivity index (χ2v) is 12.2. The van der Waals surface area contributed by atoms with Gasteiger partial charge in [-0.05, 0) is 68.3 Å². The molecule has 39 heavy (non-hydrogen) atoms. The van der Waals surface area contributed by atoms with Crippen molar-refractivity contribution in [3.05, 3.63) is 92.9 Å². The minimum absolute atomic E-state index is 0.0186. The van der Waals surface area contributed by atoms with Crippen LogP contribution in [0.2, 0.25) is 15.1 Å². The van der Waals surface area contributed by atoms with Crippen LogP contribution in [0.15, 0.2) is 71.6 Å². The number of hydrogen-bond donors (Lipinski definition) is 1. The van der Waals surface area contributed by atoms with Crippen molar-refractivity contribution < 1.29 is 18.0 Å². The number of benzene rings is 3. The lowest BCUT2D eigenvalue weighted by Gasteiger charge is -2.32. The third kappa shape index (κ3) is 7.88. The second kappa shape index (κ2) is 13.5. The topological polar surface area (TPSA) is 86.8 Å². The monoisotopic (exact) mass is 609 g/mol. The Bertz CT molecular complexity index is 1410. The van der Waals surface area contributed by atoms with Gasteiger partial charge in [0, 0.05) is 23.1 Å². The number of rotatable bonds is 11. The molecular weight excluding hydrogens is 581 g/mol. The van der Waals surface area contributed by atoms with Gasteiger partial charge in [-0.25, -0.2) is 8.42 Å². The summed E-state index contributed by atoms with van der Waals surface area (Å²) in [6, 6.07) is 16.6. The Balaban J connectivity index is 2.05. The highest BCUT2D eigenvalue weighted by Crippen LogP contribution is 2.33. The van der Waals surface area contributed by atoms with Gasteiger partial charge in [0.15, 0.2) is 0 Å². The van der Waals surface area contributed by atoms with Crippen molar-refractivity contribution in [1.82, 2.24) is 10.2 Å². The first-order valence-corrected chi connectivity index (χ1v) is 14.9. The number of halogens is 3. The number of anilines is 1. The van der Waals surface area contributed by atoms with E-state index < -0.39 is 28.5 Å². The SMILES string of the molecule is CCCNC(=O)C(C)N(Cc1ccc(Cl)cc1)C(=O)CN(c1cc(Cl)ccc1Cl)S(=O)(=O)c1ccc(C)cc1. The maximum atomic E-state index is 13.9. The molecule has 0 aromatic heterocycles. The Labute approximate surface area is 244 Å². The summed E-state index contributed by atoms with van der Waals surface area (Å²) in [4.78, 5) is 28.1.